The molecule has 4 heteroatoms. The van der Waals surface area contributed by atoms with Crippen molar-refractivity contribution in [3.05, 3.63) is 89.5 Å². The van der Waals surface area contributed by atoms with Gasteiger partial charge in [-0.25, -0.2) is 0 Å². The van der Waals surface area contributed by atoms with Crippen molar-refractivity contribution >= 4 is 11.6 Å². The maximum atomic E-state index is 9.56. The topological polar surface area (TPSA) is 60.7 Å². The molecule has 3 rings (SSSR count). The lowest BCUT2D eigenvalue weighted by atomic mass is 9.86. The zero-order valence-corrected chi connectivity index (χ0v) is 14.3. The van der Waals surface area contributed by atoms with E-state index in [2.05, 4.69) is 0 Å². The van der Waals surface area contributed by atoms with Crippen LogP contribution in [-0.2, 0) is 6.42 Å². The molecule has 0 radical (unpaired) electrons. The van der Waals surface area contributed by atoms with E-state index in [9.17, 15) is 15.3 Å². The normalized spacial score (nSPS) is 12.2. The Balaban J connectivity index is 1.93. The van der Waals surface area contributed by atoms with Gasteiger partial charge in [-0.05, 0) is 59.5 Å². The predicted octanol–water partition coefficient (Wildman–Crippen LogP) is 4.79. The highest BCUT2D eigenvalue weighted by atomic mass is 35.5. The molecule has 0 saturated heterocycles. The van der Waals surface area contributed by atoms with E-state index in [0.29, 0.717) is 6.42 Å². The molecule has 0 aliphatic carbocycles. The number of halogens is 1. The van der Waals surface area contributed by atoms with E-state index in [1.807, 2.05) is 36.4 Å². The lowest BCUT2D eigenvalue weighted by molar-refractivity contribution is 0.474. The Morgan fingerprint density at radius 2 is 0.960 bits per heavy atom. The largest absolute Gasteiger partial charge is 0.508 e. The fourth-order valence-electron chi connectivity index (χ4n) is 2.95. The van der Waals surface area contributed by atoms with Gasteiger partial charge in [-0.1, -0.05) is 36.4 Å². The van der Waals surface area contributed by atoms with Gasteiger partial charge in [0.2, 0.25) is 0 Å². The monoisotopic (exact) mass is 354 g/mol. The van der Waals surface area contributed by atoms with Gasteiger partial charge in [0.15, 0.2) is 0 Å². The molecule has 3 aromatic rings. The summed E-state index contributed by atoms with van der Waals surface area (Å²) in [5, 5.41) is 28.3. The summed E-state index contributed by atoms with van der Waals surface area (Å²) in [6.07, 6.45) is 0.619. The summed E-state index contributed by atoms with van der Waals surface area (Å²) in [4.78, 5) is 0. The van der Waals surface area contributed by atoms with Gasteiger partial charge in [-0.3, -0.25) is 0 Å². The first kappa shape index (κ1) is 17.2. The Hall–Kier alpha value is -2.65. The van der Waals surface area contributed by atoms with Crippen molar-refractivity contribution in [3.8, 4) is 17.2 Å². The first-order chi connectivity index (χ1) is 12.0. The van der Waals surface area contributed by atoms with E-state index >= 15 is 0 Å². The Kier molecular flexibility index (Phi) is 5.15. The highest BCUT2D eigenvalue weighted by Gasteiger charge is 2.24. The van der Waals surface area contributed by atoms with Gasteiger partial charge < -0.3 is 15.3 Å². The van der Waals surface area contributed by atoms with Crippen LogP contribution in [0, 0.1) is 0 Å². The fourth-order valence-corrected chi connectivity index (χ4v) is 3.42. The van der Waals surface area contributed by atoms with Gasteiger partial charge in [0.05, 0.1) is 0 Å². The van der Waals surface area contributed by atoms with E-state index in [0.717, 1.165) is 16.7 Å². The molecule has 25 heavy (non-hydrogen) atoms. The van der Waals surface area contributed by atoms with E-state index in [1.54, 1.807) is 36.4 Å². The Morgan fingerprint density at radius 1 is 0.600 bits per heavy atom. The Morgan fingerprint density at radius 3 is 1.36 bits per heavy atom. The summed E-state index contributed by atoms with van der Waals surface area (Å²) < 4.78 is 0. The fraction of sp³-hybridized carbons (Fsp3) is 0.143. The number of hydrogen-bond acceptors (Lipinski definition) is 3. The van der Waals surface area contributed by atoms with Gasteiger partial charge in [-0.2, -0.15) is 0 Å². The first-order valence-corrected chi connectivity index (χ1v) is 8.46. The number of benzene rings is 3. The second-order valence-electron chi connectivity index (χ2n) is 6.05. The quantitative estimate of drug-likeness (QED) is 0.577. The second-order valence-corrected chi connectivity index (χ2v) is 6.61. The lowest BCUT2D eigenvalue weighted by Gasteiger charge is -2.24. The SMILES string of the molecule is Oc1ccc(CC(Cl)C(c2ccc(O)cc2)c2ccc(O)cc2)cc1. The van der Waals surface area contributed by atoms with Crippen LogP contribution in [0.3, 0.4) is 0 Å². The van der Waals surface area contributed by atoms with Crippen LogP contribution in [0.15, 0.2) is 72.8 Å². The minimum atomic E-state index is -0.237. The van der Waals surface area contributed by atoms with Crippen molar-refractivity contribution in [3.63, 3.8) is 0 Å². The molecule has 128 valence electrons. The molecule has 1 unspecified atom stereocenters. The molecule has 0 saturated carbocycles. The van der Waals surface area contributed by atoms with Crippen molar-refractivity contribution in [1.82, 2.24) is 0 Å². The van der Waals surface area contributed by atoms with Gasteiger partial charge in [0.1, 0.15) is 17.2 Å². The molecule has 1 atom stereocenters. The summed E-state index contributed by atoms with van der Waals surface area (Å²) in [7, 11) is 0. The van der Waals surface area contributed by atoms with Gasteiger partial charge >= 0.3 is 0 Å². The zero-order chi connectivity index (χ0) is 17.8. The molecule has 0 heterocycles. The molecule has 0 aliphatic heterocycles. The minimum absolute atomic E-state index is 0.100. The number of aromatic hydroxyl groups is 3. The van der Waals surface area contributed by atoms with Crippen LogP contribution in [0.25, 0.3) is 0 Å². The average Bonchev–Trinajstić information content (AvgIpc) is 2.60. The molecule has 0 aromatic heterocycles. The third-order valence-electron chi connectivity index (χ3n) is 4.23. The molecule has 3 N–H and O–H groups in total. The van der Waals surface area contributed by atoms with E-state index in [1.165, 1.54) is 0 Å². The average molecular weight is 355 g/mol. The molecule has 3 aromatic carbocycles. The summed E-state index contributed by atoms with van der Waals surface area (Å²) in [6, 6.07) is 21.0. The maximum absolute atomic E-state index is 9.56. The van der Waals surface area contributed by atoms with Gasteiger partial charge in [-0.15, -0.1) is 11.6 Å². The highest BCUT2D eigenvalue weighted by molar-refractivity contribution is 6.21. The summed E-state index contributed by atoms with van der Waals surface area (Å²) in [6.45, 7) is 0. The van der Waals surface area contributed by atoms with Crippen LogP contribution in [-0.4, -0.2) is 20.7 Å². The van der Waals surface area contributed by atoms with Crippen LogP contribution in [0.2, 0.25) is 0 Å². The molecule has 0 spiro atoms. The van der Waals surface area contributed by atoms with Crippen LogP contribution < -0.4 is 0 Å². The van der Waals surface area contributed by atoms with E-state index < -0.39 is 0 Å². The second kappa shape index (κ2) is 7.49. The van der Waals surface area contributed by atoms with Crippen molar-refractivity contribution in [1.29, 1.82) is 0 Å². The molecular weight excluding hydrogens is 336 g/mol. The van der Waals surface area contributed by atoms with Gasteiger partial charge in [0.25, 0.3) is 0 Å². The zero-order valence-electron chi connectivity index (χ0n) is 13.5. The van der Waals surface area contributed by atoms with Gasteiger partial charge in [0, 0.05) is 11.3 Å². The third-order valence-corrected chi connectivity index (χ3v) is 4.64. The van der Waals surface area contributed by atoms with Crippen molar-refractivity contribution in [2.75, 3.05) is 0 Å². The number of rotatable bonds is 5. The molecular formula is C21H19ClO3. The molecule has 0 amide bonds. The lowest BCUT2D eigenvalue weighted by Crippen LogP contribution is -2.17. The third kappa shape index (κ3) is 4.25. The summed E-state index contributed by atoms with van der Waals surface area (Å²) >= 11 is 6.78. The van der Waals surface area contributed by atoms with Crippen molar-refractivity contribution < 1.29 is 15.3 Å². The molecule has 0 fully saturated rings. The van der Waals surface area contributed by atoms with Crippen molar-refractivity contribution in [2.45, 2.75) is 17.7 Å². The van der Waals surface area contributed by atoms with Crippen molar-refractivity contribution in [2.24, 2.45) is 0 Å². The molecule has 3 nitrogen and oxygen atoms in total. The Bertz CT molecular complexity index is 766. The number of hydrogen-bond donors (Lipinski definition) is 3. The Labute approximate surface area is 151 Å². The number of alkyl halides is 1. The molecule has 0 aliphatic rings. The number of phenols is 3. The summed E-state index contributed by atoms with van der Waals surface area (Å²) in [5.74, 6) is 0.538. The first-order valence-electron chi connectivity index (χ1n) is 8.03. The van der Waals surface area contributed by atoms with E-state index in [-0.39, 0.29) is 28.5 Å². The van der Waals surface area contributed by atoms with E-state index in [4.69, 9.17) is 11.6 Å². The maximum Gasteiger partial charge on any atom is 0.115 e. The summed E-state index contributed by atoms with van der Waals surface area (Å²) in [5.41, 5.74) is 3.00. The predicted molar refractivity (Wildman–Crippen MR) is 99.5 cm³/mol. The molecule has 0 bridgehead atoms. The standard InChI is InChI=1S/C21H19ClO3/c22-20(13-14-1-7-17(23)8-2-14)21(15-3-9-18(24)10-4-15)16-5-11-19(25)12-6-16/h1-12,20-21,23-25H,13H2. The smallest absolute Gasteiger partial charge is 0.115 e. The van der Waals surface area contributed by atoms with Crippen LogP contribution in [0.4, 0.5) is 0 Å². The minimum Gasteiger partial charge on any atom is -0.508 e. The van der Waals surface area contributed by atoms with Crippen LogP contribution >= 0.6 is 11.6 Å². The highest BCUT2D eigenvalue weighted by Crippen LogP contribution is 2.34. The number of phenolic OH excluding ortho intramolecular Hbond substituents is 3. The van der Waals surface area contributed by atoms with Crippen LogP contribution in [0.1, 0.15) is 22.6 Å². The van der Waals surface area contributed by atoms with Crippen LogP contribution in [0.5, 0.6) is 17.2 Å².